The molecule has 0 saturated carbocycles. The van der Waals surface area contributed by atoms with Gasteiger partial charge in [0, 0.05) is 25.2 Å². The van der Waals surface area contributed by atoms with Crippen molar-refractivity contribution in [1.82, 2.24) is 9.21 Å². The number of para-hydroxylation sites is 1. The molecule has 1 aliphatic heterocycles. The highest BCUT2D eigenvalue weighted by Crippen LogP contribution is 2.35. The Bertz CT molecular complexity index is 1540. The van der Waals surface area contributed by atoms with Gasteiger partial charge < -0.3 is 25.4 Å². The van der Waals surface area contributed by atoms with E-state index in [-0.39, 0.29) is 41.6 Å². The number of benzene rings is 3. The molecule has 0 radical (unpaired) electrons. The van der Waals surface area contributed by atoms with Crippen molar-refractivity contribution in [3.05, 3.63) is 83.9 Å². The highest BCUT2D eigenvalue weighted by molar-refractivity contribution is 7.89. The van der Waals surface area contributed by atoms with Crippen molar-refractivity contribution in [1.29, 1.82) is 0 Å². The van der Waals surface area contributed by atoms with Crippen molar-refractivity contribution >= 4 is 33.3 Å². The van der Waals surface area contributed by atoms with E-state index >= 15 is 0 Å². The summed E-state index contributed by atoms with van der Waals surface area (Å²) in [5.41, 5.74) is 0.572. The number of halogens is 2. The van der Waals surface area contributed by atoms with Crippen LogP contribution >= 0.6 is 0 Å². The maximum atomic E-state index is 13.6. The molecule has 224 valence electrons. The van der Waals surface area contributed by atoms with Crippen LogP contribution in [0, 0.1) is 17.6 Å². The topological polar surface area (TPSA) is 128 Å². The van der Waals surface area contributed by atoms with Crippen LogP contribution in [0.2, 0.25) is 0 Å². The smallest absolute Gasteiger partial charge is 0.323 e. The van der Waals surface area contributed by atoms with Crippen molar-refractivity contribution in [2.75, 3.05) is 37.4 Å². The van der Waals surface area contributed by atoms with E-state index in [1.54, 1.807) is 19.9 Å². The molecule has 3 aromatic rings. The number of amides is 3. The molecule has 0 unspecified atom stereocenters. The van der Waals surface area contributed by atoms with Gasteiger partial charge in [0.1, 0.15) is 17.7 Å². The van der Waals surface area contributed by atoms with Crippen LogP contribution in [0.5, 0.6) is 5.75 Å². The molecule has 1 heterocycles. The van der Waals surface area contributed by atoms with Crippen LogP contribution in [0.4, 0.5) is 25.0 Å². The molecular formula is C29H32F2N4O6S. The van der Waals surface area contributed by atoms with Crippen molar-refractivity contribution in [2.24, 2.45) is 5.92 Å². The summed E-state index contributed by atoms with van der Waals surface area (Å²) in [4.78, 5) is 27.8. The number of ether oxygens (including phenoxy) is 1. The molecule has 0 spiro atoms. The number of anilines is 2. The van der Waals surface area contributed by atoms with Gasteiger partial charge in [0.05, 0.1) is 35.3 Å². The molecule has 0 bridgehead atoms. The lowest BCUT2D eigenvalue weighted by Crippen LogP contribution is -2.50. The Hall–Kier alpha value is -4.07. The number of nitrogens with zero attached hydrogens (tertiary/aromatic N) is 2. The van der Waals surface area contributed by atoms with Gasteiger partial charge in [-0.15, -0.1) is 0 Å². The Morgan fingerprint density at radius 1 is 1.07 bits per heavy atom. The summed E-state index contributed by atoms with van der Waals surface area (Å²) >= 11 is 0. The van der Waals surface area contributed by atoms with Gasteiger partial charge in [-0.3, -0.25) is 4.79 Å². The van der Waals surface area contributed by atoms with Gasteiger partial charge in [0.25, 0.3) is 5.91 Å². The van der Waals surface area contributed by atoms with Gasteiger partial charge in [-0.1, -0.05) is 13.0 Å². The first-order chi connectivity index (χ1) is 19.9. The number of rotatable bonds is 8. The first-order valence-corrected chi connectivity index (χ1v) is 14.6. The molecular weight excluding hydrogens is 570 g/mol. The van der Waals surface area contributed by atoms with Crippen molar-refractivity contribution in [2.45, 2.75) is 30.9 Å². The van der Waals surface area contributed by atoms with Crippen molar-refractivity contribution in [3.8, 4) is 5.75 Å². The highest BCUT2D eigenvalue weighted by atomic mass is 32.2. The zero-order valence-corrected chi connectivity index (χ0v) is 24.1. The number of aliphatic hydroxyl groups excluding tert-OH is 1. The van der Waals surface area contributed by atoms with Crippen LogP contribution in [0.25, 0.3) is 0 Å². The maximum absolute atomic E-state index is 13.6. The van der Waals surface area contributed by atoms with Crippen molar-refractivity contribution < 1.29 is 36.6 Å². The summed E-state index contributed by atoms with van der Waals surface area (Å²) < 4.78 is 60.6. The second-order valence-electron chi connectivity index (χ2n) is 10.1. The quantitative estimate of drug-likeness (QED) is 0.356. The third-order valence-corrected chi connectivity index (χ3v) is 8.84. The lowest BCUT2D eigenvalue weighted by molar-refractivity contribution is 0.0389. The van der Waals surface area contributed by atoms with Crippen molar-refractivity contribution in [3.63, 3.8) is 0 Å². The number of hydrogen-bond donors (Lipinski definition) is 3. The van der Waals surface area contributed by atoms with E-state index < -0.39 is 51.7 Å². The van der Waals surface area contributed by atoms with E-state index in [1.807, 2.05) is 0 Å². The van der Waals surface area contributed by atoms with Crippen LogP contribution in [-0.4, -0.2) is 73.6 Å². The fourth-order valence-corrected chi connectivity index (χ4v) is 5.70. The van der Waals surface area contributed by atoms with Crippen LogP contribution < -0.4 is 15.4 Å². The third-order valence-electron chi connectivity index (χ3n) is 7.00. The van der Waals surface area contributed by atoms with Crippen LogP contribution in [0.1, 0.15) is 24.2 Å². The molecule has 3 atom stereocenters. The SMILES string of the molecule is C[C@H](CO)N1C[C@H](C)[C@@H](CN(C)S(=O)(=O)c2ccc(F)cc2)Oc2c(NC(=O)Nc3ccc(F)cc3)cccc2C1=O. The third kappa shape index (κ3) is 6.86. The number of fused-ring (bicyclic) bond motifs is 1. The minimum Gasteiger partial charge on any atom is -0.486 e. The first kappa shape index (κ1) is 30.9. The normalized spacial score (nSPS) is 18.0. The van der Waals surface area contributed by atoms with Gasteiger partial charge in [0.2, 0.25) is 10.0 Å². The number of carbonyl (C=O) groups is 2. The molecule has 3 aromatic carbocycles. The number of urea groups is 1. The largest absolute Gasteiger partial charge is 0.486 e. The zero-order chi connectivity index (χ0) is 30.6. The Balaban J connectivity index is 1.68. The van der Waals surface area contributed by atoms with E-state index in [0.717, 1.165) is 16.4 Å². The van der Waals surface area contributed by atoms with Crippen LogP contribution in [0.15, 0.2) is 71.6 Å². The summed E-state index contributed by atoms with van der Waals surface area (Å²) in [6.07, 6.45) is -0.812. The summed E-state index contributed by atoms with van der Waals surface area (Å²) in [6, 6.07) is 12.9. The first-order valence-electron chi connectivity index (χ1n) is 13.2. The Kier molecular flexibility index (Phi) is 9.44. The highest BCUT2D eigenvalue weighted by Gasteiger charge is 2.36. The number of carbonyl (C=O) groups excluding carboxylic acids is 2. The number of aliphatic hydroxyl groups is 1. The van der Waals surface area contributed by atoms with E-state index in [0.29, 0.717) is 5.69 Å². The Morgan fingerprint density at radius 2 is 1.69 bits per heavy atom. The molecule has 10 nitrogen and oxygen atoms in total. The number of likely N-dealkylation sites (N-methyl/N-ethyl adjacent to an activating group) is 1. The molecule has 0 saturated heterocycles. The average molecular weight is 603 g/mol. The molecule has 3 N–H and O–H groups in total. The average Bonchev–Trinajstić information content (AvgIpc) is 2.96. The second kappa shape index (κ2) is 12.8. The molecule has 42 heavy (non-hydrogen) atoms. The van der Waals surface area contributed by atoms with Gasteiger partial charge in [-0.05, 0) is 67.6 Å². The van der Waals surface area contributed by atoms with Gasteiger partial charge >= 0.3 is 6.03 Å². The maximum Gasteiger partial charge on any atom is 0.323 e. The fraction of sp³-hybridized carbons (Fsp3) is 0.310. The lowest BCUT2D eigenvalue weighted by atomic mass is 9.99. The molecule has 4 rings (SSSR count). The number of sulfonamides is 1. The standard InChI is InChI=1S/C29H32F2N4O6S/c1-18-15-35(19(2)17-36)28(37)24-5-4-6-25(33-29(38)32-22-11-7-20(30)8-12-22)27(24)41-26(18)16-34(3)42(39,40)23-13-9-21(31)10-14-23/h4-14,18-19,26,36H,15-17H2,1-3H3,(H2,32,33,38)/t18-,19+,26+/m0/s1. The van der Waals surface area contributed by atoms with Gasteiger partial charge in [-0.25, -0.2) is 22.0 Å². The molecule has 3 amide bonds. The minimum absolute atomic E-state index is 0.0241. The molecule has 13 heteroatoms. The monoisotopic (exact) mass is 602 g/mol. The minimum atomic E-state index is -4.03. The van der Waals surface area contributed by atoms with E-state index in [1.165, 1.54) is 60.5 Å². The predicted octanol–water partition coefficient (Wildman–Crippen LogP) is 4.15. The number of nitrogens with one attached hydrogen (secondary N) is 2. The lowest BCUT2D eigenvalue weighted by Gasteiger charge is -2.38. The summed E-state index contributed by atoms with van der Waals surface area (Å²) in [5.74, 6) is -1.88. The van der Waals surface area contributed by atoms with E-state index in [2.05, 4.69) is 10.6 Å². The number of hydrogen-bond acceptors (Lipinski definition) is 6. The van der Waals surface area contributed by atoms with E-state index in [4.69, 9.17) is 4.74 Å². The molecule has 0 aliphatic carbocycles. The van der Waals surface area contributed by atoms with Crippen LogP contribution in [0.3, 0.4) is 0 Å². The predicted molar refractivity (Wildman–Crippen MR) is 153 cm³/mol. The molecule has 0 aromatic heterocycles. The van der Waals surface area contributed by atoms with Crippen LogP contribution in [-0.2, 0) is 10.0 Å². The molecule has 1 aliphatic rings. The fourth-order valence-electron chi connectivity index (χ4n) is 4.52. The second-order valence-corrected chi connectivity index (χ2v) is 12.2. The van der Waals surface area contributed by atoms with Gasteiger partial charge in [0.15, 0.2) is 5.75 Å². The van der Waals surface area contributed by atoms with Gasteiger partial charge in [-0.2, -0.15) is 4.31 Å². The summed E-state index contributed by atoms with van der Waals surface area (Å²) in [5, 5.41) is 15.1. The summed E-state index contributed by atoms with van der Waals surface area (Å²) in [6.45, 7) is 3.17. The molecule has 0 fully saturated rings. The Morgan fingerprint density at radius 3 is 2.31 bits per heavy atom. The summed E-state index contributed by atoms with van der Waals surface area (Å²) in [7, 11) is -2.66. The Labute approximate surface area is 242 Å². The van der Waals surface area contributed by atoms with E-state index in [9.17, 15) is 31.9 Å². The zero-order valence-electron chi connectivity index (χ0n) is 23.3.